The van der Waals surface area contributed by atoms with Crippen LogP contribution < -0.4 is 5.32 Å². The van der Waals surface area contributed by atoms with Crippen molar-refractivity contribution in [2.45, 2.75) is 6.42 Å². The molecule has 0 spiro atoms. The smallest absolute Gasteiger partial charge is 0.271 e. The molecule has 5 nitrogen and oxygen atoms in total. The molecule has 1 amide bonds. The van der Waals surface area contributed by atoms with Gasteiger partial charge in [0.2, 0.25) is 0 Å². The van der Waals surface area contributed by atoms with Crippen LogP contribution in [0.5, 0.6) is 0 Å². The maximum absolute atomic E-state index is 12.2. The second-order valence-corrected chi connectivity index (χ2v) is 5.47. The van der Waals surface area contributed by atoms with E-state index in [-0.39, 0.29) is 5.91 Å². The van der Waals surface area contributed by atoms with E-state index in [4.69, 9.17) is 0 Å². The molecule has 5 heteroatoms. The molecule has 3 aromatic heterocycles. The van der Waals surface area contributed by atoms with E-state index < -0.39 is 0 Å². The van der Waals surface area contributed by atoms with E-state index in [1.165, 1.54) is 10.9 Å². The Kier molecular flexibility index (Phi) is 3.31. The topological polar surface area (TPSA) is 62.2 Å². The van der Waals surface area contributed by atoms with Crippen molar-refractivity contribution in [1.29, 1.82) is 0 Å². The standard InChI is InChI=1S/C18H16N4O/c23-18(17-11-14-5-3-4-10-22(14)21-17)19-9-8-13-12-20-16-7-2-1-6-15(13)16/h1-7,10-12,20H,8-9H2,(H,19,23). The van der Waals surface area contributed by atoms with Crippen LogP contribution in [0.15, 0.2) is 60.9 Å². The van der Waals surface area contributed by atoms with E-state index in [2.05, 4.69) is 21.5 Å². The van der Waals surface area contributed by atoms with Crippen LogP contribution in [0, 0.1) is 0 Å². The molecule has 1 aromatic carbocycles. The number of hydrogen-bond acceptors (Lipinski definition) is 2. The summed E-state index contributed by atoms with van der Waals surface area (Å²) < 4.78 is 1.70. The molecular formula is C18H16N4O. The third kappa shape index (κ3) is 2.57. The molecule has 0 fully saturated rings. The van der Waals surface area contributed by atoms with Crippen LogP contribution in [0.3, 0.4) is 0 Å². The van der Waals surface area contributed by atoms with E-state index in [1.54, 1.807) is 10.6 Å². The summed E-state index contributed by atoms with van der Waals surface area (Å²) in [6, 6.07) is 15.7. The summed E-state index contributed by atoms with van der Waals surface area (Å²) in [5.41, 5.74) is 3.68. The molecule has 0 unspecified atom stereocenters. The van der Waals surface area contributed by atoms with Crippen LogP contribution >= 0.6 is 0 Å². The number of aromatic nitrogens is 3. The number of fused-ring (bicyclic) bond motifs is 2. The van der Waals surface area contributed by atoms with E-state index in [0.29, 0.717) is 12.2 Å². The van der Waals surface area contributed by atoms with Crippen molar-refractivity contribution in [1.82, 2.24) is 19.9 Å². The molecule has 0 saturated heterocycles. The number of nitrogens with zero attached hydrogens (tertiary/aromatic N) is 2. The summed E-state index contributed by atoms with van der Waals surface area (Å²) in [6.07, 6.45) is 4.61. The number of benzene rings is 1. The average molecular weight is 304 g/mol. The Bertz CT molecular complexity index is 950. The van der Waals surface area contributed by atoms with E-state index in [9.17, 15) is 4.79 Å². The Morgan fingerprint density at radius 1 is 1.17 bits per heavy atom. The largest absolute Gasteiger partial charge is 0.361 e. The average Bonchev–Trinajstić information content (AvgIpc) is 3.19. The van der Waals surface area contributed by atoms with Crippen LogP contribution in [0.4, 0.5) is 0 Å². The zero-order valence-corrected chi connectivity index (χ0v) is 12.5. The lowest BCUT2D eigenvalue weighted by atomic mass is 10.1. The molecule has 0 atom stereocenters. The fourth-order valence-electron chi connectivity index (χ4n) is 2.79. The monoisotopic (exact) mass is 304 g/mol. The van der Waals surface area contributed by atoms with Crippen molar-refractivity contribution in [2.75, 3.05) is 6.54 Å². The fraction of sp³-hybridized carbons (Fsp3) is 0.111. The van der Waals surface area contributed by atoms with Gasteiger partial charge in [-0.2, -0.15) is 5.10 Å². The Morgan fingerprint density at radius 2 is 2.04 bits per heavy atom. The third-order valence-electron chi connectivity index (χ3n) is 3.96. The molecule has 0 aliphatic heterocycles. The van der Waals surface area contributed by atoms with E-state index >= 15 is 0 Å². The van der Waals surface area contributed by atoms with Crippen molar-refractivity contribution in [3.63, 3.8) is 0 Å². The molecule has 2 N–H and O–H groups in total. The molecule has 0 bridgehead atoms. The quantitative estimate of drug-likeness (QED) is 0.609. The van der Waals surface area contributed by atoms with Crippen LogP contribution in [-0.2, 0) is 6.42 Å². The molecule has 0 aliphatic carbocycles. The summed E-state index contributed by atoms with van der Waals surface area (Å²) in [5.74, 6) is -0.145. The zero-order valence-electron chi connectivity index (χ0n) is 12.5. The summed E-state index contributed by atoms with van der Waals surface area (Å²) in [6.45, 7) is 0.578. The number of para-hydroxylation sites is 1. The summed E-state index contributed by atoms with van der Waals surface area (Å²) >= 11 is 0. The minimum Gasteiger partial charge on any atom is -0.361 e. The highest BCUT2D eigenvalue weighted by Crippen LogP contribution is 2.17. The Hall–Kier alpha value is -3.08. The Morgan fingerprint density at radius 3 is 2.96 bits per heavy atom. The first-order valence-corrected chi connectivity index (χ1v) is 7.59. The first-order chi connectivity index (χ1) is 11.3. The van der Waals surface area contributed by atoms with Gasteiger partial charge in [0.1, 0.15) is 0 Å². The van der Waals surface area contributed by atoms with E-state index in [0.717, 1.165) is 17.5 Å². The van der Waals surface area contributed by atoms with Gasteiger partial charge < -0.3 is 10.3 Å². The number of hydrogen-bond donors (Lipinski definition) is 2. The van der Waals surface area contributed by atoms with Gasteiger partial charge in [-0.25, -0.2) is 4.52 Å². The molecule has 114 valence electrons. The highest BCUT2D eigenvalue weighted by atomic mass is 16.1. The lowest BCUT2D eigenvalue weighted by molar-refractivity contribution is 0.0949. The van der Waals surface area contributed by atoms with Gasteiger partial charge >= 0.3 is 0 Å². The highest BCUT2D eigenvalue weighted by Gasteiger charge is 2.10. The third-order valence-corrected chi connectivity index (χ3v) is 3.96. The minimum atomic E-state index is -0.145. The van der Waals surface area contributed by atoms with Gasteiger partial charge in [-0.1, -0.05) is 24.3 Å². The molecule has 23 heavy (non-hydrogen) atoms. The van der Waals surface area contributed by atoms with Crippen LogP contribution in [-0.4, -0.2) is 27.0 Å². The predicted octanol–water partition coefficient (Wildman–Crippen LogP) is 2.79. The van der Waals surface area contributed by atoms with Gasteiger partial charge in [0.25, 0.3) is 5.91 Å². The molecule has 0 saturated carbocycles. The number of aromatic amines is 1. The lowest BCUT2D eigenvalue weighted by Crippen LogP contribution is -2.26. The summed E-state index contributed by atoms with van der Waals surface area (Å²) in [5, 5.41) is 8.41. The van der Waals surface area contributed by atoms with Crippen molar-refractivity contribution in [3.8, 4) is 0 Å². The molecule has 3 heterocycles. The van der Waals surface area contributed by atoms with Gasteiger partial charge in [-0.15, -0.1) is 0 Å². The molecule has 0 aliphatic rings. The zero-order chi connectivity index (χ0) is 15.6. The number of carbonyl (C=O) groups excluding carboxylic acids is 1. The minimum absolute atomic E-state index is 0.145. The molecular weight excluding hydrogens is 288 g/mol. The normalized spacial score (nSPS) is 11.1. The van der Waals surface area contributed by atoms with Gasteiger partial charge in [0.15, 0.2) is 5.69 Å². The van der Waals surface area contributed by atoms with E-state index in [1.807, 2.05) is 48.8 Å². The maximum Gasteiger partial charge on any atom is 0.271 e. The maximum atomic E-state index is 12.2. The SMILES string of the molecule is O=C(NCCc1c[nH]c2ccccc12)c1cc2ccccn2n1. The highest BCUT2D eigenvalue weighted by molar-refractivity contribution is 5.93. The van der Waals surface area contributed by atoms with Crippen molar-refractivity contribution in [2.24, 2.45) is 0 Å². The molecule has 0 radical (unpaired) electrons. The number of carbonyl (C=O) groups is 1. The van der Waals surface area contributed by atoms with Gasteiger partial charge in [-0.3, -0.25) is 4.79 Å². The number of nitrogens with one attached hydrogen (secondary N) is 2. The number of amides is 1. The van der Waals surface area contributed by atoms with Gasteiger partial charge in [-0.05, 0) is 36.2 Å². The van der Waals surface area contributed by atoms with Crippen molar-refractivity contribution >= 4 is 22.3 Å². The van der Waals surface area contributed by atoms with Crippen molar-refractivity contribution < 1.29 is 4.79 Å². The number of rotatable bonds is 4. The molecule has 4 aromatic rings. The first-order valence-electron chi connectivity index (χ1n) is 7.59. The summed E-state index contributed by atoms with van der Waals surface area (Å²) in [4.78, 5) is 15.5. The van der Waals surface area contributed by atoms with Gasteiger partial charge in [0, 0.05) is 29.8 Å². The number of H-pyrrole nitrogens is 1. The lowest BCUT2D eigenvalue weighted by Gasteiger charge is -2.02. The molecule has 4 rings (SSSR count). The first kappa shape index (κ1) is 13.6. The predicted molar refractivity (Wildman–Crippen MR) is 89.5 cm³/mol. The Labute approximate surface area is 132 Å². The second-order valence-electron chi connectivity index (χ2n) is 5.47. The second kappa shape index (κ2) is 5.61. The van der Waals surface area contributed by atoms with Gasteiger partial charge in [0.05, 0.1) is 5.52 Å². The van der Waals surface area contributed by atoms with Crippen molar-refractivity contribution in [3.05, 3.63) is 72.2 Å². The fourth-order valence-corrected chi connectivity index (χ4v) is 2.79. The van der Waals surface area contributed by atoms with Crippen LogP contribution in [0.1, 0.15) is 16.1 Å². The summed E-state index contributed by atoms with van der Waals surface area (Å²) in [7, 11) is 0. The number of pyridine rings is 1. The van der Waals surface area contributed by atoms with Crippen LogP contribution in [0.25, 0.3) is 16.4 Å². The van der Waals surface area contributed by atoms with Crippen LogP contribution in [0.2, 0.25) is 0 Å². The Balaban J connectivity index is 1.43.